The molecule has 0 aliphatic heterocycles. The fraction of sp³-hybridized carbons (Fsp3) is 0.533. The topological polar surface area (TPSA) is 38.3 Å². The molecule has 5 heteroatoms. The number of halogens is 2. The van der Waals surface area contributed by atoms with E-state index in [1.165, 1.54) is 25.0 Å². The summed E-state index contributed by atoms with van der Waals surface area (Å²) >= 11 is 5.82. The zero-order chi connectivity index (χ0) is 14.8. The Balaban J connectivity index is 2.27. The van der Waals surface area contributed by atoms with Crippen LogP contribution in [0.2, 0.25) is 5.02 Å². The fourth-order valence-electron chi connectivity index (χ4n) is 2.05. The number of hydrogen-bond donors (Lipinski definition) is 1. The molecule has 0 amide bonds. The van der Waals surface area contributed by atoms with Crippen molar-refractivity contribution >= 4 is 17.6 Å². The van der Waals surface area contributed by atoms with E-state index >= 15 is 0 Å². The van der Waals surface area contributed by atoms with Crippen molar-refractivity contribution in [2.24, 2.45) is 5.92 Å². The van der Waals surface area contributed by atoms with Crippen LogP contribution in [0.25, 0.3) is 0 Å². The van der Waals surface area contributed by atoms with Crippen molar-refractivity contribution in [3.63, 3.8) is 0 Å². The number of esters is 1. The molecule has 2 rings (SSSR count). The molecule has 1 atom stereocenters. The van der Waals surface area contributed by atoms with E-state index in [9.17, 15) is 9.18 Å². The van der Waals surface area contributed by atoms with Gasteiger partial charge in [-0.1, -0.05) is 17.7 Å². The van der Waals surface area contributed by atoms with E-state index in [2.05, 4.69) is 5.32 Å². The number of hydrogen-bond acceptors (Lipinski definition) is 3. The molecule has 0 aromatic heterocycles. The standard InChI is InChI=1S/C15H19ClFNO2/c1-3-20-14(19)15(2,18-9-10-4-5-10)11-6-7-13(17)12(16)8-11/h6-8,10,18H,3-5,9H2,1-2H3. The van der Waals surface area contributed by atoms with Crippen molar-refractivity contribution in [2.75, 3.05) is 13.2 Å². The lowest BCUT2D eigenvalue weighted by atomic mass is 9.91. The summed E-state index contributed by atoms with van der Waals surface area (Å²) in [6, 6.07) is 4.32. The number of ether oxygens (including phenoxy) is 1. The van der Waals surface area contributed by atoms with Gasteiger partial charge in [0.25, 0.3) is 0 Å². The number of rotatable bonds is 6. The highest BCUT2D eigenvalue weighted by Crippen LogP contribution is 2.31. The first-order valence-corrected chi connectivity index (χ1v) is 7.23. The molecule has 0 radical (unpaired) electrons. The zero-order valence-corrected chi connectivity index (χ0v) is 12.5. The molecule has 1 aliphatic rings. The summed E-state index contributed by atoms with van der Waals surface area (Å²) in [5, 5.41) is 3.26. The Hall–Kier alpha value is -1.13. The van der Waals surface area contributed by atoms with Gasteiger partial charge in [-0.2, -0.15) is 0 Å². The van der Waals surface area contributed by atoms with Crippen LogP contribution in [-0.2, 0) is 15.1 Å². The molecule has 1 aromatic rings. The van der Waals surface area contributed by atoms with Crippen LogP contribution in [0, 0.1) is 11.7 Å². The summed E-state index contributed by atoms with van der Waals surface area (Å²) in [7, 11) is 0. The monoisotopic (exact) mass is 299 g/mol. The van der Waals surface area contributed by atoms with Gasteiger partial charge in [0.1, 0.15) is 11.4 Å². The lowest BCUT2D eigenvalue weighted by molar-refractivity contribution is -0.151. The van der Waals surface area contributed by atoms with Crippen molar-refractivity contribution in [2.45, 2.75) is 32.2 Å². The molecule has 0 heterocycles. The molecule has 20 heavy (non-hydrogen) atoms. The predicted molar refractivity (Wildman–Crippen MR) is 76.1 cm³/mol. The molecule has 0 spiro atoms. The third kappa shape index (κ3) is 3.30. The van der Waals surface area contributed by atoms with Crippen LogP contribution >= 0.6 is 11.6 Å². The number of nitrogens with one attached hydrogen (secondary N) is 1. The molecule has 110 valence electrons. The summed E-state index contributed by atoms with van der Waals surface area (Å²) in [4.78, 5) is 12.3. The van der Waals surface area contributed by atoms with Gasteiger partial charge in [0.2, 0.25) is 0 Å². The first-order chi connectivity index (χ1) is 9.47. The van der Waals surface area contributed by atoms with E-state index in [4.69, 9.17) is 16.3 Å². The Morgan fingerprint density at radius 1 is 1.55 bits per heavy atom. The molecule has 1 aromatic carbocycles. The van der Waals surface area contributed by atoms with Crippen molar-refractivity contribution in [3.05, 3.63) is 34.6 Å². The van der Waals surface area contributed by atoms with Crippen molar-refractivity contribution in [1.82, 2.24) is 5.32 Å². The second-order valence-corrected chi connectivity index (χ2v) is 5.71. The van der Waals surface area contributed by atoms with Crippen molar-refractivity contribution in [1.29, 1.82) is 0 Å². The Bertz CT molecular complexity index is 505. The highest BCUT2D eigenvalue weighted by molar-refractivity contribution is 6.30. The highest BCUT2D eigenvalue weighted by atomic mass is 35.5. The Labute approximate surface area is 123 Å². The van der Waals surface area contributed by atoms with E-state index in [0.29, 0.717) is 18.1 Å². The highest BCUT2D eigenvalue weighted by Gasteiger charge is 2.38. The SMILES string of the molecule is CCOC(=O)C(C)(NCC1CC1)c1ccc(F)c(Cl)c1. The van der Waals surface area contributed by atoms with Crippen LogP contribution in [0.5, 0.6) is 0 Å². The second kappa shape index (κ2) is 6.10. The van der Waals surface area contributed by atoms with Gasteiger partial charge in [0.05, 0.1) is 11.6 Å². The molecule has 1 aliphatic carbocycles. The molecular formula is C15H19ClFNO2. The predicted octanol–water partition coefficient (Wildman–Crippen LogP) is 3.26. The van der Waals surface area contributed by atoms with Crippen molar-refractivity contribution < 1.29 is 13.9 Å². The molecule has 3 nitrogen and oxygen atoms in total. The van der Waals surface area contributed by atoms with Crippen LogP contribution < -0.4 is 5.32 Å². The summed E-state index contributed by atoms with van der Waals surface area (Å²) < 4.78 is 18.4. The van der Waals surface area contributed by atoms with E-state index < -0.39 is 11.4 Å². The Morgan fingerprint density at radius 3 is 2.80 bits per heavy atom. The molecular weight excluding hydrogens is 281 g/mol. The largest absolute Gasteiger partial charge is 0.464 e. The lowest BCUT2D eigenvalue weighted by Gasteiger charge is -2.29. The van der Waals surface area contributed by atoms with Gasteiger partial charge in [-0.05, 0) is 56.8 Å². The molecule has 1 unspecified atom stereocenters. The van der Waals surface area contributed by atoms with Gasteiger partial charge in [-0.3, -0.25) is 5.32 Å². The first-order valence-electron chi connectivity index (χ1n) is 6.85. The zero-order valence-electron chi connectivity index (χ0n) is 11.7. The molecule has 0 saturated heterocycles. The average Bonchev–Trinajstić information content (AvgIpc) is 3.23. The maximum absolute atomic E-state index is 13.3. The number of carbonyl (C=O) groups is 1. The Morgan fingerprint density at radius 2 is 2.25 bits per heavy atom. The quantitative estimate of drug-likeness (QED) is 0.820. The van der Waals surface area contributed by atoms with E-state index in [1.54, 1.807) is 19.9 Å². The fourth-order valence-corrected chi connectivity index (χ4v) is 2.23. The maximum Gasteiger partial charge on any atom is 0.330 e. The van der Waals surface area contributed by atoms with Crippen LogP contribution in [0.4, 0.5) is 4.39 Å². The normalized spacial score (nSPS) is 17.6. The number of benzene rings is 1. The van der Waals surface area contributed by atoms with Gasteiger partial charge in [-0.15, -0.1) is 0 Å². The Kier molecular flexibility index (Phi) is 4.66. The summed E-state index contributed by atoms with van der Waals surface area (Å²) in [5.41, 5.74) is -0.390. The molecule has 1 N–H and O–H groups in total. The minimum absolute atomic E-state index is 0.00578. The van der Waals surface area contributed by atoms with Gasteiger partial charge in [0, 0.05) is 0 Å². The van der Waals surface area contributed by atoms with Crippen LogP contribution in [-0.4, -0.2) is 19.1 Å². The molecule has 1 saturated carbocycles. The summed E-state index contributed by atoms with van der Waals surface area (Å²) in [5.74, 6) is -0.258. The minimum Gasteiger partial charge on any atom is -0.464 e. The molecule has 1 fully saturated rings. The molecule has 0 bridgehead atoms. The van der Waals surface area contributed by atoms with Gasteiger partial charge >= 0.3 is 5.97 Å². The summed E-state index contributed by atoms with van der Waals surface area (Å²) in [6.45, 7) is 4.55. The number of carbonyl (C=O) groups excluding carboxylic acids is 1. The average molecular weight is 300 g/mol. The van der Waals surface area contributed by atoms with Gasteiger partial charge in [0.15, 0.2) is 0 Å². The first kappa shape index (κ1) is 15.3. The third-order valence-corrected chi connectivity index (χ3v) is 3.91. The smallest absolute Gasteiger partial charge is 0.330 e. The lowest BCUT2D eigenvalue weighted by Crippen LogP contribution is -2.48. The van der Waals surface area contributed by atoms with Crippen LogP contribution in [0.3, 0.4) is 0 Å². The van der Waals surface area contributed by atoms with E-state index in [1.807, 2.05) is 0 Å². The van der Waals surface area contributed by atoms with Gasteiger partial charge < -0.3 is 4.74 Å². The van der Waals surface area contributed by atoms with E-state index in [0.717, 1.165) is 6.54 Å². The summed E-state index contributed by atoms with van der Waals surface area (Å²) in [6.07, 6.45) is 2.35. The minimum atomic E-state index is -1.00. The van der Waals surface area contributed by atoms with Gasteiger partial charge in [-0.25, -0.2) is 9.18 Å². The van der Waals surface area contributed by atoms with Crippen molar-refractivity contribution in [3.8, 4) is 0 Å². The van der Waals surface area contributed by atoms with Crippen LogP contribution in [0.15, 0.2) is 18.2 Å². The third-order valence-electron chi connectivity index (χ3n) is 3.62. The second-order valence-electron chi connectivity index (χ2n) is 5.30. The van der Waals surface area contributed by atoms with Crippen LogP contribution in [0.1, 0.15) is 32.3 Å². The van der Waals surface area contributed by atoms with E-state index in [-0.39, 0.29) is 11.0 Å². The maximum atomic E-state index is 13.3.